The van der Waals surface area contributed by atoms with E-state index in [4.69, 9.17) is 0 Å². The zero-order valence-corrected chi connectivity index (χ0v) is 39.1. The minimum atomic E-state index is -1.31. The van der Waals surface area contributed by atoms with Crippen LogP contribution < -0.4 is 24.8 Å². The Labute approximate surface area is 338 Å². The van der Waals surface area contributed by atoms with Crippen molar-refractivity contribution >= 4 is 28.0 Å². The van der Waals surface area contributed by atoms with Crippen molar-refractivity contribution in [1.29, 1.82) is 0 Å². The normalized spacial score (nSPS) is 24.7. The quantitative estimate of drug-likeness (QED) is 0.184. The standard InChI is InChI=1S/2C23H32P.2ClH.Hf/c2*1-17-13-14-18(2)23-16-21(15-22(17)23)24(19-9-5-3-6-10-19)20-11-7-4-8-12-20;;;/h2*13-16,19-20H,3-12H2,1-2H3;2*1H;/q;;;;+2/p-2. The fraction of sp³-hybridized carbons (Fsp3) is 0.652. The van der Waals surface area contributed by atoms with Gasteiger partial charge in [0.2, 0.25) is 0 Å². The van der Waals surface area contributed by atoms with Gasteiger partial charge < -0.3 is 24.8 Å². The molecule has 0 heterocycles. The maximum Gasteiger partial charge on any atom is -1.00 e. The van der Waals surface area contributed by atoms with Crippen LogP contribution >= 0.6 is 15.8 Å². The van der Waals surface area contributed by atoms with E-state index in [1.165, 1.54) is 128 Å². The molecule has 2 atom stereocenters. The molecule has 8 rings (SSSR count). The molecule has 5 heteroatoms. The predicted molar refractivity (Wildman–Crippen MR) is 215 cm³/mol. The summed E-state index contributed by atoms with van der Waals surface area (Å²) in [4.78, 5) is 0. The summed E-state index contributed by atoms with van der Waals surface area (Å²) in [5.41, 5.74) is 17.4. The van der Waals surface area contributed by atoms with Gasteiger partial charge in [0.25, 0.3) is 0 Å². The molecule has 51 heavy (non-hydrogen) atoms. The van der Waals surface area contributed by atoms with Gasteiger partial charge in [-0.05, 0) is 0 Å². The summed E-state index contributed by atoms with van der Waals surface area (Å²) in [5.74, 6) is 0. The average Bonchev–Trinajstić information content (AvgIpc) is 3.71. The van der Waals surface area contributed by atoms with E-state index >= 15 is 0 Å². The Hall–Kier alpha value is 0.230. The maximum absolute atomic E-state index is 2.91. The molecule has 0 amide bonds. The molecule has 0 N–H and O–H groups in total. The van der Waals surface area contributed by atoms with Crippen LogP contribution in [0.15, 0.2) is 34.9 Å². The van der Waals surface area contributed by atoms with Crippen molar-refractivity contribution in [2.24, 2.45) is 0 Å². The van der Waals surface area contributed by atoms with E-state index in [9.17, 15) is 0 Å². The summed E-state index contributed by atoms with van der Waals surface area (Å²) < 4.78 is 1.61. The minimum Gasteiger partial charge on any atom is -1.00 e. The van der Waals surface area contributed by atoms with E-state index in [1.807, 2.05) is 11.1 Å². The molecule has 2 aromatic rings. The minimum absolute atomic E-state index is 0. The summed E-state index contributed by atoms with van der Waals surface area (Å²) in [6.07, 6.45) is 36.0. The number of halogens is 2. The fourth-order valence-electron chi connectivity index (χ4n) is 11.4. The van der Waals surface area contributed by atoms with Crippen LogP contribution in [0.3, 0.4) is 0 Å². The van der Waals surface area contributed by atoms with Crippen LogP contribution in [0.5, 0.6) is 0 Å². The van der Waals surface area contributed by atoms with Crippen molar-refractivity contribution in [2.45, 2.75) is 186 Å². The molecule has 0 aromatic heterocycles. The summed E-state index contributed by atoms with van der Waals surface area (Å²) in [6.45, 7) is 9.89. The van der Waals surface area contributed by atoms with Crippen LogP contribution in [0.25, 0.3) is 12.2 Å². The molecular formula is C46H64Cl2HfP2. The molecular weight excluding hydrogens is 864 g/mol. The van der Waals surface area contributed by atoms with Gasteiger partial charge in [0, 0.05) is 0 Å². The van der Waals surface area contributed by atoms with E-state index in [-0.39, 0.29) is 40.7 Å². The van der Waals surface area contributed by atoms with E-state index in [0.29, 0.717) is 0 Å². The van der Waals surface area contributed by atoms with Crippen LogP contribution in [0.4, 0.5) is 0 Å². The van der Waals surface area contributed by atoms with Gasteiger partial charge in [-0.1, -0.05) is 0 Å². The van der Waals surface area contributed by atoms with Gasteiger partial charge in [-0.25, -0.2) is 0 Å². The molecule has 4 saturated carbocycles. The molecule has 2 aromatic carbocycles. The number of rotatable bonds is 8. The number of hydrogen-bond donors (Lipinski definition) is 0. The third-order valence-electron chi connectivity index (χ3n) is 14.0. The largest absolute Gasteiger partial charge is 1.00 e. The third kappa shape index (κ3) is 8.36. The first-order valence-electron chi connectivity index (χ1n) is 21.0. The Kier molecular flexibility index (Phi) is 14.8. The zero-order valence-electron chi connectivity index (χ0n) is 32.2. The van der Waals surface area contributed by atoms with Crippen molar-refractivity contribution < 1.29 is 47.7 Å². The first kappa shape index (κ1) is 40.9. The molecule has 0 aliphatic heterocycles. The summed E-state index contributed by atoms with van der Waals surface area (Å²) in [7, 11) is -0.137. The van der Waals surface area contributed by atoms with Gasteiger partial charge in [0.1, 0.15) is 0 Å². The molecule has 4 fully saturated rings. The summed E-state index contributed by atoms with van der Waals surface area (Å²) in [6, 6.07) is 9.99. The smallest absolute Gasteiger partial charge is 1.00 e. The molecule has 2 unspecified atom stereocenters. The summed E-state index contributed by atoms with van der Waals surface area (Å²) >= 11 is -1.31. The van der Waals surface area contributed by atoms with Gasteiger partial charge in [0.05, 0.1) is 0 Å². The Balaban J connectivity index is 0.00000224. The van der Waals surface area contributed by atoms with Crippen LogP contribution in [-0.2, 0) is 22.9 Å². The summed E-state index contributed by atoms with van der Waals surface area (Å²) in [5, 5.41) is 4.12. The monoisotopic (exact) mass is 928 g/mol. The van der Waals surface area contributed by atoms with E-state index < -0.39 is 22.9 Å². The van der Waals surface area contributed by atoms with Gasteiger partial charge >= 0.3 is 316 Å². The average molecular weight is 928 g/mol. The van der Waals surface area contributed by atoms with Crippen LogP contribution in [0, 0.1) is 27.7 Å². The fourth-order valence-corrected chi connectivity index (χ4v) is 30.8. The molecule has 0 bridgehead atoms. The SMILES string of the molecule is Cc1ccc(C)c2c1C=C(P(C1CCCCC1)C1CCCCC1)[CH]2[Hf+2][CH]1C(P(C2CCCCC2)C2CCCCC2)=Cc2c(C)ccc(C)c21.[Cl-].[Cl-]. The van der Waals surface area contributed by atoms with Gasteiger partial charge in [-0.15, -0.1) is 0 Å². The molecule has 6 aliphatic carbocycles. The molecule has 0 nitrogen and oxygen atoms in total. The first-order valence-corrected chi connectivity index (χ1v) is 28.1. The first-order chi connectivity index (χ1) is 24.0. The Morgan fingerprint density at radius 2 is 0.686 bits per heavy atom. The number of fused-ring (bicyclic) bond motifs is 2. The Bertz CT molecular complexity index is 1400. The van der Waals surface area contributed by atoms with Gasteiger partial charge in [0.15, 0.2) is 0 Å². The molecule has 0 saturated heterocycles. The van der Waals surface area contributed by atoms with Crippen molar-refractivity contribution in [3.05, 3.63) is 79.4 Å². The zero-order chi connectivity index (χ0) is 33.5. The maximum atomic E-state index is 2.91. The van der Waals surface area contributed by atoms with Crippen LogP contribution in [0.1, 0.15) is 180 Å². The van der Waals surface area contributed by atoms with Crippen molar-refractivity contribution in [3.8, 4) is 0 Å². The Morgan fingerprint density at radius 1 is 0.412 bits per heavy atom. The molecule has 6 aliphatic rings. The molecule has 0 radical (unpaired) electrons. The number of allylic oxidation sites excluding steroid dienone is 2. The molecule has 276 valence electrons. The van der Waals surface area contributed by atoms with Crippen LogP contribution in [-0.4, -0.2) is 22.6 Å². The second-order valence-corrected chi connectivity index (χ2v) is 28.1. The predicted octanol–water partition coefficient (Wildman–Crippen LogP) is 8.80. The number of aryl methyl sites for hydroxylation is 4. The molecule has 0 spiro atoms. The van der Waals surface area contributed by atoms with Crippen LogP contribution in [0.2, 0.25) is 0 Å². The number of hydrogen-bond acceptors (Lipinski definition) is 0. The van der Waals surface area contributed by atoms with Crippen molar-refractivity contribution in [2.75, 3.05) is 0 Å². The van der Waals surface area contributed by atoms with Gasteiger partial charge in [-0.3, -0.25) is 0 Å². The topological polar surface area (TPSA) is 0 Å². The second-order valence-electron chi connectivity index (χ2n) is 17.2. The second kappa shape index (κ2) is 18.4. The Morgan fingerprint density at radius 3 is 0.980 bits per heavy atom. The van der Waals surface area contributed by atoms with Gasteiger partial charge in [-0.2, -0.15) is 0 Å². The van der Waals surface area contributed by atoms with Crippen molar-refractivity contribution in [3.63, 3.8) is 0 Å². The van der Waals surface area contributed by atoms with E-state index in [2.05, 4.69) is 74.7 Å². The van der Waals surface area contributed by atoms with E-state index in [0.717, 1.165) is 30.0 Å². The van der Waals surface area contributed by atoms with Crippen molar-refractivity contribution in [1.82, 2.24) is 0 Å². The third-order valence-corrected chi connectivity index (χ3v) is 29.6. The van der Waals surface area contributed by atoms with E-state index in [1.54, 1.807) is 33.4 Å². The number of benzene rings is 2.